The van der Waals surface area contributed by atoms with Crippen molar-refractivity contribution in [3.05, 3.63) is 34.3 Å². The first-order valence-corrected chi connectivity index (χ1v) is 9.10. The Balaban J connectivity index is 1.85. The average molecular weight is 332 g/mol. The van der Waals surface area contributed by atoms with E-state index < -0.39 is 10.0 Å². The van der Waals surface area contributed by atoms with Gasteiger partial charge in [0.25, 0.3) is 0 Å². The predicted octanol–water partition coefficient (Wildman–Crippen LogP) is 1.93. The summed E-state index contributed by atoms with van der Waals surface area (Å²) in [7, 11) is -3.47. The number of aromatic nitrogens is 2. The van der Waals surface area contributed by atoms with Crippen molar-refractivity contribution in [2.75, 3.05) is 12.4 Å². The normalized spacial score (nSPS) is 16.2. The van der Waals surface area contributed by atoms with Gasteiger partial charge in [0.15, 0.2) is 0 Å². The molecular formula is C12H14ClN3O2S2. The van der Waals surface area contributed by atoms with Gasteiger partial charge in [-0.15, -0.1) is 22.9 Å². The van der Waals surface area contributed by atoms with Crippen LogP contribution < -0.4 is 0 Å². The van der Waals surface area contributed by atoms with Crippen molar-refractivity contribution < 1.29 is 8.42 Å². The molecule has 0 spiro atoms. The summed E-state index contributed by atoms with van der Waals surface area (Å²) in [5.41, 5.74) is 1.11. The van der Waals surface area contributed by atoms with E-state index in [4.69, 9.17) is 11.6 Å². The smallest absolute Gasteiger partial charge is 0.246 e. The van der Waals surface area contributed by atoms with Crippen LogP contribution in [-0.2, 0) is 29.5 Å². The molecule has 0 unspecified atom stereocenters. The van der Waals surface area contributed by atoms with E-state index in [0.717, 1.165) is 12.0 Å². The summed E-state index contributed by atoms with van der Waals surface area (Å²) < 4.78 is 28.2. The molecule has 108 valence electrons. The fraction of sp³-hybridized carbons (Fsp3) is 0.417. The van der Waals surface area contributed by atoms with E-state index in [2.05, 4.69) is 5.10 Å². The van der Waals surface area contributed by atoms with Crippen LogP contribution >= 0.6 is 22.9 Å². The molecule has 0 fully saturated rings. The average Bonchev–Trinajstić information content (AvgIpc) is 3.06. The lowest BCUT2D eigenvalue weighted by Crippen LogP contribution is -2.35. The molecule has 0 amide bonds. The number of hydrogen-bond acceptors (Lipinski definition) is 4. The highest BCUT2D eigenvalue weighted by Crippen LogP contribution is 2.27. The number of rotatable bonds is 4. The van der Waals surface area contributed by atoms with Crippen molar-refractivity contribution in [1.82, 2.24) is 14.1 Å². The first kappa shape index (κ1) is 14.1. The van der Waals surface area contributed by atoms with Crippen LogP contribution in [0.25, 0.3) is 0 Å². The molecule has 0 aromatic carbocycles. The zero-order valence-corrected chi connectivity index (χ0v) is 13.1. The van der Waals surface area contributed by atoms with Gasteiger partial charge in [-0.05, 0) is 23.4 Å². The Kier molecular flexibility index (Phi) is 3.85. The lowest BCUT2D eigenvalue weighted by atomic mass is 10.1. The van der Waals surface area contributed by atoms with Gasteiger partial charge < -0.3 is 0 Å². The van der Waals surface area contributed by atoms with Crippen LogP contribution in [0.15, 0.2) is 28.7 Å². The predicted molar refractivity (Wildman–Crippen MR) is 78.6 cm³/mol. The van der Waals surface area contributed by atoms with Crippen LogP contribution in [0.1, 0.15) is 10.4 Å². The van der Waals surface area contributed by atoms with Crippen LogP contribution in [0.5, 0.6) is 0 Å². The first-order chi connectivity index (χ1) is 9.61. The highest BCUT2D eigenvalue weighted by Gasteiger charge is 2.29. The molecular weight excluding hydrogens is 318 g/mol. The third-order valence-electron chi connectivity index (χ3n) is 3.33. The minimum Gasteiger partial charge on any atom is -0.270 e. The van der Waals surface area contributed by atoms with Crippen LogP contribution in [0.4, 0.5) is 0 Å². The molecule has 1 aliphatic heterocycles. The maximum atomic E-state index is 12.6. The molecule has 1 aliphatic rings. The molecule has 2 aromatic rings. The SMILES string of the molecule is O=S(=O)(c1cnn(CCCl)c1)N1CCc2sccc2C1. The second kappa shape index (κ2) is 5.48. The maximum absolute atomic E-state index is 12.6. The minimum atomic E-state index is -3.47. The molecule has 0 aliphatic carbocycles. The number of alkyl halides is 1. The van der Waals surface area contributed by atoms with Gasteiger partial charge in [-0.3, -0.25) is 4.68 Å². The van der Waals surface area contributed by atoms with Crippen LogP contribution in [0.3, 0.4) is 0 Å². The Morgan fingerprint density at radius 1 is 1.45 bits per heavy atom. The number of nitrogens with zero attached hydrogens (tertiary/aromatic N) is 3. The summed E-state index contributed by atoms with van der Waals surface area (Å²) in [5, 5.41) is 6.04. The van der Waals surface area contributed by atoms with Crippen molar-refractivity contribution in [3.63, 3.8) is 0 Å². The second-order valence-corrected chi connectivity index (χ2v) is 7.90. The number of fused-ring (bicyclic) bond motifs is 1. The summed E-state index contributed by atoms with van der Waals surface area (Å²) in [6, 6.07) is 2.00. The topological polar surface area (TPSA) is 55.2 Å². The molecule has 0 radical (unpaired) electrons. The molecule has 3 rings (SSSR count). The molecule has 8 heteroatoms. The van der Waals surface area contributed by atoms with Crippen LogP contribution in [0, 0.1) is 0 Å². The van der Waals surface area contributed by atoms with Gasteiger partial charge >= 0.3 is 0 Å². The van der Waals surface area contributed by atoms with Gasteiger partial charge in [0.05, 0.1) is 12.7 Å². The van der Waals surface area contributed by atoms with Crippen molar-refractivity contribution in [1.29, 1.82) is 0 Å². The van der Waals surface area contributed by atoms with Gasteiger partial charge in [0.2, 0.25) is 10.0 Å². The zero-order valence-electron chi connectivity index (χ0n) is 10.7. The fourth-order valence-electron chi connectivity index (χ4n) is 2.26. The quantitative estimate of drug-likeness (QED) is 0.804. The van der Waals surface area contributed by atoms with Crippen molar-refractivity contribution >= 4 is 33.0 Å². The summed E-state index contributed by atoms with van der Waals surface area (Å²) >= 11 is 7.32. The van der Waals surface area contributed by atoms with Crippen molar-refractivity contribution in [2.24, 2.45) is 0 Å². The Morgan fingerprint density at radius 2 is 2.30 bits per heavy atom. The monoisotopic (exact) mass is 331 g/mol. The molecule has 0 bridgehead atoms. The third kappa shape index (κ3) is 2.50. The van der Waals surface area contributed by atoms with Gasteiger partial charge in [0, 0.05) is 30.0 Å². The molecule has 3 heterocycles. The Labute approximate surface area is 126 Å². The number of halogens is 1. The lowest BCUT2D eigenvalue weighted by molar-refractivity contribution is 0.394. The van der Waals surface area contributed by atoms with E-state index in [1.54, 1.807) is 22.2 Å². The van der Waals surface area contributed by atoms with E-state index in [9.17, 15) is 8.42 Å². The first-order valence-electron chi connectivity index (χ1n) is 6.25. The molecule has 0 saturated heterocycles. The highest BCUT2D eigenvalue weighted by atomic mass is 35.5. The highest BCUT2D eigenvalue weighted by molar-refractivity contribution is 7.89. The van der Waals surface area contributed by atoms with E-state index in [-0.39, 0.29) is 4.90 Å². The minimum absolute atomic E-state index is 0.237. The summed E-state index contributed by atoms with van der Waals surface area (Å²) in [6.45, 7) is 1.48. The third-order valence-corrected chi connectivity index (χ3v) is 6.32. The van der Waals surface area contributed by atoms with E-state index in [1.807, 2.05) is 11.4 Å². The standard InChI is InChI=1S/C12H14ClN3O2S2/c13-3-5-15-9-11(7-14-15)20(17,18)16-4-1-12-10(8-16)2-6-19-12/h2,6-7,9H,1,3-5,8H2. The lowest BCUT2D eigenvalue weighted by Gasteiger charge is -2.25. The second-order valence-electron chi connectivity index (χ2n) is 4.59. The van der Waals surface area contributed by atoms with Crippen molar-refractivity contribution in [2.45, 2.75) is 24.4 Å². The molecule has 0 N–H and O–H groups in total. The number of sulfonamides is 1. The van der Waals surface area contributed by atoms with E-state index in [0.29, 0.717) is 25.5 Å². The molecule has 2 aromatic heterocycles. The molecule has 0 atom stereocenters. The van der Waals surface area contributed by atoms with Gasteiger partial charge in [0.1, 0.15) is 4.90 Å². The van der Waals surface area contributed by atoms with E-state index in [1.165, 1.54) is 15.4 Å². The summed E-state index contributed by atoms with van der Waals surface area (Å²) in [6.07, 6.45) is 3.72. The van der Waals surface area contributed by atoms with E-state index >= 15 is 0 Å². The van der Waals surface area contributed by atoms with Gasteiger partial charge in [-0.25, -0.2) is 8.42 Å². The Hall–Kier alpha value is -0.890. The van der Waals surface area contributed by atoms with Crippen molar-refractivity contribution in [3.8, 4) is 0 Å². The summed E-state index contributed by atoms with van der Waals surface area (Å²) in [4.78, 5) is 1.52. The molecule has 5 nitrogen and oxygen atoms in total. The zero-order chi connectivity index (χ0) is 14.2. The summed E-state index contributed by atoms with van der Waals surface area (Å²) in [5.74, 6) is 0.406. The fourth-order valence-corrected chi connectivity index (χ4v) is 4.70. The molecule has 20 heavy (non-hydrogen) atoms. The molecule has 0 saturated carbocycles. The number of aryl methyl sites for hydroxylation is 1. The largest absolute Gasteiger partial charge is 0.270 e. The Morgan fingerprint density at radius 3 is 3.10 bits per heavy atom. The van der Waals surface area contributed by atoms with Crippen LogP contribution in [0.2, 0.25) is 0 Å². The number of thiophene rings is 1. The van der Waals surface area contributed by atoms with Gasteiger partial charge in [-0.2, -0.15) is 9.40 Å². The van der Waals surface area contributed by atoms with Gasteiger partial charge in [-0.1, -0.05) is 0 Å². The number of hydrogen-bond donors (Lipinski definition) is 0. The Bertz CT molecular complexity index is 708. The maximum Gasteiger partial charge on any atom is 0.246 e. The van der Waals surface area contributed by atoms with Crippen LogP contribution in [-0.4, -0.2) is 34.9 Å².